The zero-order valence-electron chi connectivity index (χ0n) is 10.8. The molecule has 2 atom stereocenters. The predicted molar refractivity (Wildman–Crippen MR) is 74.8 cm³/mol. The average Bonchev–Trinajstić information content (AvgIpc) is 2.88. The van der Waals surface area contributed by atoms with Crippen molar-refractivity contribution in [1.82, 2.24) is 20.2 Å². The van der Waals surface area contributed by atoms with Crippen LogP contribution in [0.3, 0.4) is 0 Å². The summed E-state index contributed by atoms with van der Waals surface area (Å²) in [6, 6.07) is 4.52. The van der Waals surface area contributed by atoms with E-state index in [9.17, 15) is 4.79 Å². The number of aromatic nitrogens is 4. The van der Waals surface area contributed by atoms with E-state index in [0.717, 1.165) is 0 Å². The van der Waals surface area contributed by atoms with Crippen LogP contribution in [0.1, 0.15) is 19.9 Å². The molecule has 1 aromatic carbocycles. The quantitative estimate of drug-likeness (QED) is 0.938. The molecule has 2 aromatic rings. The van der Waals surface area contributed by atoms with Crippen LogP contribution < -0.4 is 0 Å². The average molecular weight is 315 g/mol. The van der Waals surface area contributed by atoms with E-state index in [1.807, 2.05) is 0 Å². The number of tetrazole rings is 1. The first kappa shape index (κ1) is 14.7. The van der Waals surface area contributed by atoms with Crippen molar-refractivity contribution in [3.05, 3.63) is 28.2 Å². The van der Waals surface area contributed by atoms with Gasteiger partial charge in [0, 0.05) is 10.6 Å². The summed E-state index contributed by atoms with van der Waals surface area (Å²) in [6.07, 6.45) is 0. The van der Waals surface area contributed by atoms with Crippen LogP contribution in [0.2, 0.25) is 10.0 Å². The van der Waals surface area contributed by atoms with Gasteiger partial charge in [-0.05, 0) is 42.5 Å². The van der Waals surface area contributed by atoms with Gasteiger partial charge in [0.2, 0.25) is 0 Å². The molecule has 2 rings (SSSR count). The van der Waals surface area contributed by atoms with Crippen molar-refractivity contribution < 1.29 is 9.90 Å². The monoisotopic (exact) mass is 314 g/mol. The fraction of sp³-hybridized carbons (Fsp3) is 0.333. The molecule has 0 aliphatic carbocycles. The predicted octanol–water partition coefficient (Wildman–Crippen LogP) is 2.93. The van der Waals surface area contributed by atoms with E-state index in [0.29, 0.717) is 21.4 Å². The summed E-state index contributed by atoms with van der Waals surface area (Å²) >= 11 is 12.1. The van der Waals surface area contributed by atoms with E-state index in [4.69, 9.17) is 28.3 Å². The normalized spacial score (nSPS) is 14.0. The SMILES string of the molecule is CC(C(=O)O)C(C)n1nnnc1-c1cc(Cl)ccc1Cl. The lowest BCUT2D eigenvalue weighted by Gasteiger charge is -2.17. The number of hydrogen-bond acceptors (Lipinski definition) is 4. The Morgan fingerprint density at radius 3 is 2.70 bits per heavy atom. The van der Waals surface area contributed by atoms with Crippen LogP contribution in [-0.4, -0.2) is 31.3 Å². The summed E-state index contributed by atoms with van der Waals surface area (Å²) < 4.78 is 1.44. The number of carboxylic acids is 1. The van der Waals surface area contributed by atoms with Gasteiger partial charge in [-0.2, -0.15) is 0 Å². The van der Waals surface area contributed by atoms with Crippen molar-refractivity contribution in [2.75, 3.05) is 0 Å². The molecule has 0 bridgehead atoms. The Hall–Kier alpha value is -1.66. The second kappa shape index (κ2) is 5.76. The fourth-order valence-electron chi connectivity index (χ4n) is 1.73. The first-order valence-electron chi connectivity index (χ1n) is 5.88. The molecule has 0 saturated carbocycles. The molecule has 0 saturated heterocycles. The van der Waals surface area contributed by atoms with E-state index in [2.05, 4.69) is 15.5 Å². The molecule has 1 heterocycles. The zero-order valence-corrected chi connectivity index (χ0v) is 12.3. The minimum Gasteiger partial charge on any atom is -0.481 e. The van der Waals surface area contributed by atoms with Crippen LogP contribution in [-0.2, 0) is 4.79 Å². The standard InChI is InChI=1S/C12H12Cl2N4O2/c1-6(12(19)20)7(2)18-11(15-16-17-18)9-5-8(13)3-4-10(9)14/h3-7H,1-2H3,(H,19,20). The van der Waals surface area contributed by atoms with Gasteiger partial charge >= 0.3 is 5.97 Å². The second-order valence-electron chi connectivity index (χ2n) is 4.44. The van der Waals surface area contributed by atoms with Gasteiger partial charge in [-0.15, -0.1) is 5.10 Å². The van der Waals surface area contributed by atoms with Crippen LogP contribution in [0.4, 0.5) is 0 Å². The van der Waals surface area contributed by atoms with E-state index >= 15 is 0 Å². The Labute approximate surface area is 125 Å². The van der Waals surface area contributed by atoms with Gasteiger partial charge in [0.25, 0.3) is 0 Å². The van der Waals surface area contributed by atoms with Crippen LogP contribution in [0.25, 0.3) is 11.4 Å². The van der Waals surface area contributed by atoms with Gasteiger partial charge in [0.1, 0.15) is 0 Å². The first-order valence-corrected chi connectivity index (χ1v) is 6.63. The highest BCUT2D eigenvalue weighted by molar-refractivity contribution is 6.35. The molecule has 1 N–H and O–H groups in total. The number of rotatable bonds is 4. The summed E-state index contributed by atoms with van der Waals surface area (Å²) in [6.45, 7) is 3.33. The van der Waals surface area contributed by atoms with Crippen LogP contribution in [0.5, 0.6) is 0 Å². The Morgan fingerprint density at radius 2 is 2.05 bits per heavy atom. The Bertz CT molecular complexity index is 644. The van der Waals surface area contributed by atoms with Crippen molar-refractivity contribution in [2.24, 2.45) is 5.92 Å². The highest BCUT2D eigenvalue weighted by Gasteiger charge is 2.25. The zero-order chi connectivity index (χ0) is 14.9. The Morgan fingerprint density at radius 1 is 1.35 bits per heavy atom. The minimum absolute atomic E-state index is 0.387. The van der Waals surface area contributed by atoms with Crippen LogP contribution >= 0.6 is 23.2 Å². The molecule has 6 nitrogen and oxygen atoms in total. The maximum atomic E-state index is 11.1. The third kappa shape index (κ3) is 2.76. The van der Waals surface area contributed by atoms with Gasteiger partial charge in [0.15, 0.2) is 5.82 Å². The Kier molecular flexibility index (Phi) is 4.25. The number of halogens is 2. The molecule has 0 radical (unpaired) electrons. The fourth-order valence-corrected chi connectivity index (χ4v) is 2.11. The first-order chi connectivity index (χ1) is 9.41. The number of aliphatic carboxylic acids is 1. The molecule has 0 aliphatic heterocycles. The maximum Gasteiger partial charge on any atom is 0.308 e. The molecule has 20 heavy (non-hydrogen) atoms. The second-order valence-corrected chi connectivity index (χ2v) is 5.28. The topological polar surface area (TPSA) is 80.9 Å². The van der Waals surface area contributed by atoms with Crippen molar-refractivity contribution in [1.29, 1.82) is 0 Å². The largest absolute Gasteiger partial charge is 0.481 e. The smallest absolute Gasteiger partial charge is 0.308 e. The number of nitrogens with zero attached hydrogens (tertiary/aromatic N) is 4. The summed E-state index contributed by atoms with van der Waals surface area (Å²) in [7, 11) is 0. The summed E-state index contributed by atoms with van der Waals surface area (Å²) in [5.41, 5.74) is 0.564. The Balaban J connectivity index is 2.48. The molecular formula is C12H12Cl2N4O2. The molecule has 8 heteroatoms. The lowest BCUT2D eigenvalue weighted by Crippen LogP contribution is -2.23. The molecule has 0 amide bonds. The number of carbonyl (C=O) groups is 1. The van der Waals surface area contributed by atoms with Gasteiger partial charge in [-0.3, -0.25) is 4.79 Å². The highest BCUT2D eigenvalue weighted by atomic mass is 35.5. The van der Waals surface area contributed by atoms with Gasteiger partial charge in [-0.1, -0.05) is 23.2 Å². The molecule has 2 unspecified atom stereocenters. The van der Waals surface area contributed by atoms with Crippen molar-refractivity contribution in [3.63, 3.8) is 0 Å². The van der Waals surface area contributed by atoms with E-state index < -0.39 is 17.9 Å². The molecule has 0 fully saturated rings. The highest BCUT2D eigenvalue weighted by Crippen LogP contribution is 2.31. The molecule has 0 aliphatic rings. The molecule has 106 valence electrons. The van der Waals surface area contributed by atoms with Crippen molar-refractivity contribution in [3.8, 4) is 11.4 Å². The lowest BCUT2D eigenvalue weighted by molar-refractivity contribution is -0.142. The van der Waals surface area contributed by atoms with E-state index in [-0.39, 0.29) is 0 Å². The van der Waals surface area contributed by atoms with Gasteiger partial charge in [-0.25, -0.2) is 4.68 Å². The van der Waals surface area contributed by atoms with Crippen molar-refractivity contribution in [2.45, 2.75) is 19.9 Å². The third-order valence-corrected chi connectivity index (χ3v) is 3.73. The molecule has 1 aromatic heterocycles. The van der Waals surface area contributed by atoms with Gasteiger partial charge in [0.05, 0.1) is 17.0 Å². The van der Waals surface area contributed by atoms with E-state index in [1.54, 1.807) is 32.0 Å². The summed E-state index contributed by atoms with van der Waals surface area (Å²) in [4.78, 5) is 11.1. The van der Waals surface area contributed by atoms with Crippen LogP contribution in [0.15, 0.2) is 18.2 Å². The third-order valence-electron chi connectivity index (χ3n) is 3.16. The lowest BCUT2D eigenvalue weighted by atomic mass is 10.0. The van der Waals surface area contributed by atoms with Crippen LogP contribution in [0, 0.1) is 5.92 Å². The summed E-state index contributed by atoms with van der Waals surface area (Å²) in [5, 5.41) is 21.4. The van der Waals surface area contributed by atoms with Gasteiger partial charge < -0.3 is 5.11 Å². The molecular weight excluding hydrogens is 303 g/mol. The maximum absolute atomic E-state index is 11.1. The number of benzene rings is 1. The number of hydrogen-bond donors (Lipinski definition) is 1. The number of carboxylic acid groups (broad SMARTS) is 1. The summed E-state index contributed by atoms with van der Waals surface area (Å²) in [5.74, 6) is -1.18. The minimum atomic E-state index is -0.920. The molecule has 0 spiro atoms. The van der Waals surface area contributed by atoms with E-state index in [1.165, 1.54) is 4.68 Å². The van der Waals surface area contributed by atoms with Crippen molar-refractivity contribution >= 4 is 29.2 Å².